The molecule has 3 aromatic carbocycles. The minimum atomic E-state index is -0.236. The van der Waals surface area contributed by atoms with E-state index in [0.29, 0.717) is 28.6 Å². The standard InChI is InChI=1S/C22H17N3O2/c26-21-19-13-17(10-11-20(19)23-14-24-21)25-22(27)18-9-5-4-8-16(18)12-15-6-2-1-3-7-15/h1-11,13-14H,12H2,(H,25,27)(H,23,24,26). The monoisotopic (exact) mass is 355 g/mol. The first-order chi connectivity index (χ1) is 13.2. The third-order valence-corrected chi connectivity index (χ3v) is 4.40. The number of hydrogen-bond donors (Lipinski definition) is 2. The SMILES string of the molecule is O=C(Nc1ccc2nc[nH]c(=O)c2c1)c1ccccc1Cc1ccccc1. The van der Waals surface area contributed by atoms with Crippen LogP contribution < -0.4 is 10.9 Å². The lowest BCUT2D eigenvalue weighted by Crippen LogP contribution is -2.15. The van der Waals surface area contributed by atoms with Crippen molar-refractivity contribution in [3.63, 3.8) is 0 Å². The molecule has 132 valence electrons. The number of hydrogen-bond acceptors (Lipinski definition) is 3. The van der Waals surface area contributed by atoms with E-state index in [1.165, 1.54) is 6.33 Å². The molecule has 5 nitrogen and oxygen atoms in total. The molecule has 0 saturated carbocycles. The van der Waals surface area contributed by atoms with E-state index < -0.39 is 0 Å². The molecule has 4 aromatic rings. The summed E-state index contributed by atoms with van der Waals surface area (Å²) in [7, 11) is 0. The number of aromatic nitrogens is 2. The largest absolute Gasteiger partial charge is 0.322 e. The molecule has 0 spiro atoms. The first kappa shape index (κ1) is 16.7. The average molecular weight is 355 g/mol. The van der Waals surface area contributed by atoms with Crippen molar-refractivity contribution in [2.75, 3.05) is 5.32 Å². The second kappa shape index (κ2) is 7.25. The molecule has 0 atom stereocenters. The van der Waals surface area contributed by atoms with Gasteiger partial charge in [0.05, 0.1) is 17.2 Å². The number of carbonyl (C=O) groups is 1. The van der Waals surface area contributed by atoms with Gasteiger partial charge in [-0.2, -0.15) is 0 Å². The van der Waals surface area contributed by atoms with Gasteiger partial charge in [0, 0.05) is 11.3 Å². The summed E-state index contributed by atoms with van der Waals surface area (Å²) in [5.41, 5.74) is 3.60. The Hall–Kier alpha value is -3.73. The predicted molar refractivity (Wildman–Crippen MR) is 106 cm³/mol. The molecule has 0 aliphatic rings. The molecule has 0 saturated heterocycles. The Morgan fingerprint density at radius 3 is 2.59 bits per heavy atom. The van der Waals surface area contributed by atoms with E-state index >= 15 is 0 Å². The lowest BCUT2D eigenvalue weighted by atomic mass is 9.99. The van der Waals surface area contributed by atoms with Crippen molar-refractivity contribution < 1.29 is 4.79 Å². The predicted octanol–water partition coefficient (Wildman–Crippen LogP) is 3.77. The molecule has 4 rings (SSSR count). The van der Waals surface area contributed by atoms with Crippen LogP contribution in [0.3, 0.4) is 0 Å². The van der Waals surface area contributed by atoms with Gasteiger partial charge in [0.15, 0.2) is 0 Å². The van der Waals surface area contributed by atoms with Crippen LogP contribution in [0.25, 0.3) is 10.9 Å². The summed E-state index contributed by atoms with van der Waals surface area (Å²) in [6, 6.07) is 22.7. The highest BCUT2D eigenvalue weighted by Gasteiger charge is 2.12. The van der Waals surface area contributed by atoms with Crippen molar-refractivity contribution >= 4 is 22.5 Å². The van der Waals surface area contributed by atoms with E-state index in [1.54, 1.807) is 18.2 Å². The molecule has 1 aromatic heterocycles. The Bertz CT molecular complexity index is 1170. The van der Waals surface area contributed by atoms with E-state index in [1.807, 2.05) is 54.6 Å². The highest BCUT2D eigenvalue weighted by molar-refractivity contribution is 6.06. The van der Waals surface area contributed by atoms with Gasteiger partial charge in [-0.3, -0.25) is 9.59 Å². The molecule has 0 bridgehead atoms. The van der Waals surface area contributed by atoms with Crippen LogP contribution in [0.5, 0.6) is 0 Å². The number of rotatable bonds is 4. The third-order valence-electron chi connectivity index (χ3n) is 4.40. The van der Waals surface area contributed by atoms with Gasteiger partial charge in [-0.25, -0.2) is 4.98 Å². The van der Waals surface area contributed by atoms with Crippen molar-refractivity contribution in [1.82, 2.24) is 9.97 Å². The van der Waals surface area contributed by atoms with Crippen molar-refractivity contribution in [2.24, 2.45) is 0 Å². The fourth-order valence-corrected chi connectivity index (χ4v) is 3.06. The molecule has 1 amide bonds. The summed E-state index contributed by atoms with van der Waals surface area (Å²) >= 11 is 0. The maximum Gasteiger partial charge on any atom is 0.258 e. The van der Waals surface area contributed by atoms with Gasteiger partial charge in [-0.15, -0.1) is 0 Å². The Kier molecular flexibility index (Phi) is 4.49. The molecule has 0 unspecified atom stereocenters. The molecular weight excluding hydrogens is 338 g/mol. The molecule has 0 aliphatic carbocycles. The summed E-state index contributed by atoms with van der Waals surface area (Å²) in [5.74, 6) is -0.207. The van der Waals surface area contributed by atoms with Crippen LogP contribution in [-0.2, 0) is 6.42 Å². The number of aromatic amines is 1. The fourth-order valence-electron chi connectivity index (χ4n) is 3.06. The molecular formula is C22H17N3O2. The second-order valence-corrected chi connectivity index (χ2v) is 6.24. The minimum absolute atomic E-state index is 0.207. The normalized spacial score (nSPS) is 10.7. The highest BCUT2D eigenvalue weighted by Crippen LogP contribution is 2.18. The molecule has 27 heavy (non-hydrogen) atoms. The van der Waals surface area contributed by atoms with Crippen LogP contribution >= 0.6 is 0 Å². The Balaban J connectivity index is 1.62. The summed E-state index contributed by atoms with van der Waals surface area (Å²) in [6.07, 6.45) is 2.04. The van der Waals surface area contributed by atoms with Gasteiger partial charge in [0.1, 0.15) is 0 Å². The molecule has 5 heteroatoms. The van der Waals surface area contributed by atoms with E-state index in [2.05, 4.69) is 15.3 Å². The number of benzene rings is 3. The van der Waals surface area contributed by atoms with Crippen molar-refractivity contribution in [3.8, 4) is 0 Å². The van der Waals surface area contributed by atoms with Gasteiger partial charge < -0.3 is 10.3 Å². The van der Waals surface area contributed by atoms with Crippen LogP contribution in [0.4, 0.5) is 5.69 Å². The lowest BCUT2D eigenvalue weighted by Gasteiger charge is -2.11. The first-order valence-corrected chi connectivity index (χ1v) is 8.61. The number of amides is 1. The number of fused-ring (bicyclic) bond motifs is 1. The zero-order valence-corrected chi connectivity index (χ0v) is 14.5. The number of carbonyl (C=O) groups excluding carboxylic acids is 1. The van der Waals surface area contributed by atoms with Crippen molar-refractivity contribution in [1.29, 1.82) is 0 Å². The topological polar surface area (TPSA) is 74.8 Å². The third kappa shape index (κ3) is 3.62. The van der Waals surface area contributed by atoms with Gasteiger partial charge >= 0.3 is 0 Å². The van der Waals surface area contributed by atoms with Crippen molar-refractivity contribution in [3.05, 3.63) is 106 Å². The van der Waals surface area contributed by atoms with Crippen LogP contribution in [0.1, 0.15) is 21.5 Å². The maximum absolute atomic E-state index is 12.8. The zero-order valence-electron chi connectivity index (χ0n) is 14.5. The maximum atomic E-state index is 12.8. The van der Waals surface area contributed by atoms with E-state index in [4.69, 9.17) is 0 Å². The highest BCUT2D eigenvalue weighted by atomic mass is 16.1. The zero-order chi connectivity index (χ0) is 18.6. The van der Waals surface area contributed by atoms with Gasteiger partial charge in [-0.1, -0.05) is 48.5 Å². The number of nitrogens with one attached hydrogen (secondary N) is 2. The van der Waals surface area contributed by atoms with Gasteiger partial charge in [-0.05, 0) is 41.8 Å². The molecule has 0 aliphatic heterocycles. The number of nitrogens with zero attached hydrogens (tertiary/aromatic N) is 1. The lowest BCUT2D eigenvalue weighted by molar-refractivity contribution is 0.102. The van der Waals surface area contributed by atoms with E-state index in [0.717, 1.165) is 11.1 Å². The van der Waals surface area contributed by atoms with Crippen LogP contribution in [-0.4, -0.2) is 15.9 Å². The smallest absolute Gasteiger partial charge is 0.258 e. The Labute approximate surface area is 155 Å². The second-order valence-electron chi connectivity index (χ2n) is 6.24. The summed E-state index contributed by atoms with van der Waals surface area (Å²) in [6.45, 7) is 0. The summed E-state index contributed by atoms with van der Waals surface area (Å²) in [4.78, 5) is 31.4. The Morgan fingerprint density at radius 2 is 1.74 bits per heavy atom. The molecule has 1 heterocycles. The number of anilines is 1. The van der Waals surface area contributed by atoms with Crippen LogP contribution in [0.15, 0.2) is 83.9 Å². The summed E-state index contributed by atoms with van der Waals surface area (Å²) in [5, 5.41) is 3.32. The van der Waals surface area contributed by atoms with Crippen molar-refractivity contribution in [2.45, 2.75) is 6.42 Å². The van der Waals surface area contributed by atoms with E-state index in [9.17, 15) is 9.59 Å². The van der Waals surface area contributed by atoms with Crippen LogP contribution in [0, 0.1) is 0 Å². The molecule has 0 fully saturated rings. The molecule has 0 radical (unpaired) electrons. The number of H-pyrrole nitrogens is 1. The average Bonchev–Trinajstić information content (AvgIpc) is 2.70. The van der Waals surface area contributed by atoms with E-state index in [-0.39, 0.29) is 11.5 Å². The minimum Gasteiger partial charge on any atom is -0.322 e. The van der Waals surface area contributed by atoms with Gasteiger partial charge in [0.25, 0.3) is 11.5 Å². The Morgan fingerprint density at radius 1 is 0.963 bits per heavy atom. The quantitative estimate of drug-likeness (QED) is 0.585. The molecule has 2 N–H and O–H groups in total. The summed E-state index contributed by atoms with van der Waals surface area (Å²) < 4.78 is 0. The fraction of sp³-hybridized carbons (Fsp3) is 0.0455. The first-order valence-electron chi connectivity index (χ1n) is 8.61. The van der Waals surface area contributed by atoms with Gasteiger partial charge in [0.2, 0.25) is 0 Å². The van der Waals surface area contributed by atoms with Crippen LogP contribution in [0.2, 0.25) is 0 Å².